The number of carbonyl (C=O) groups excluding carboxylic acids is 1. The van der Waals surface area contributed by atoms with Gasteiger partial charge in [0.1, 0.15) is 12.1 Å². The fourth-order valence-electron chi connectivity index (χ4n) is 2.25. The quantitative estimate of drug-likeness (QED) is 0.815. The van der Waals surface area contributed by atoms with Crippen LogP contribution in [0, 0.1) is 11.7 Å². The summed E-state index contributed by atoms with van der Waals surface area (Å²) in [6.45, 7) is 3.17. The SMILES string of the molecule is CC(O)C1CCN(c2ccc(C=O)cc2F)C1. The Bertz CT molecular complexity index is 420. The van der Waals surface area contributed by atoms with Crippen molar-refractivity contribution < 1.29 is 14.3 Å². The Hall–Kier alpha value is -1.42. The summed E-state index contributed by atoms with van der Waals surface area (Å²) in [6, 6.07) is 4.49. The number of anilines is 1. The van der Waals surface area contributed by atoms with E-state index >= 15 is 0 Å². The molecule has 2 unspecified atom stereocenters. The molecule has 92 valence electrons. The molecule has 4 heteroatoms. The molecule has 17 heavy (non-hydrogen) atoms. The van der Waals surface area contributed by atoms with Crippen molar-refractivity contribution in [3.63, 3.8) is 0 Å². The van der Waals surface area contributed by atoms with E-state index in [-0.39, 0.29) is 17.8 Å². The van der Waals surface area contributed by atoms with Crippen molar-refractivity contribution in [2.75, 3.05) is 18.0 Å². The lowest BCUT2D eigenvalue weighted by Gasteiger charge is -2.20. The molecule has 1 saturated heterocycles. The number of benzene rings is 1. The van der Waals surface area contributed by atoms with Crippen LogP contribution in [0.5, 0.6) is 0 Å². The number of aldehydes is 1. The molecule has 3 nitrogen and oxygen atoms in total. The van der Waals surface area contributed by atoms with Crippen LogP contribution in [0.2, 0.25) is 0 Å². The molecule has 1 aromatic rings. The average Bonchev–Trinajstić information content (AvgIpc) is 2.78. The van der Waals surface area contributed by atoms with Gasteiger partial charge >= 0.3 is 0 Å². The van der Waals surface area contributed by atoms with Crippen molar-refractivity contribution in [3.8, 4) is 0 Å². The molecule has 1 fully saturated rings. The second-order valence-electron chi connectivity index (χ2n) is 4.56. The van der Waals surface area contributed by atoms with E-state index < -0.39 is 0 Å². The van der Waals surface area contributed by atoms with E-state index in [2.05, 4.69) is 0 Å². The van der Waals surface area contributed by atoms with Crippen LogP contribution < -0.4 is 4.90 Å². The lowest BCUT2D eigenvalue weighted by atomic mass is 10.0. The molecule has 2 atom stereocenters. The van der Waals surface area contributed by atoms with Gasteiger partial charge in [-0.2, -0.15) is 0 Å². The topological polar surface area (TPSA) is 40.5 Å². The van der Waals surface area contributed by atoms with Gasteiger partial charge in [0, 0.05) is 24.6 Å². The fourth-order valence-corrected chi connectivity index (χ4v) is 2.25. The number of hydrogen-bond donors (Lipinski definition) is 1. The number of nitrogens with zero attached hydrogens (tertiary/aromatic N) is 1. The fraction of sp³-hybridized carbons (Fsp3) is 0.462. The molecule has 1 aliphatic heterocycles. The van der Waals surface area contributed by atoms with Crippen LogP contribution >= 0.6 is 0 Å². The minimum Gasteiger partial charge on any atom is -0.393 e. The van der Waals surface area contributed by atoms with Crippen LogP contribution in [0.1, 0.15) is 23.7 Å². The van der Waals surface area contributed by atoms with E-state index in [0.717, 1.165) is 13.0 Å². The van der Waals surface area contributed by atoms with Gasteiger partial charge in [-0.3, -0.25) is 4.79 Å². The maximum Gasteiger partial charge on any atom is 0.150 e. The normalized spacial score (nSPS) is 21.6. The van der Waals surface area contributed by atoms with Crippen LogP contribution in [0.3, 0.4) is 0 Å². The summed E-state index contributed by atoms with van der Waals surface area (Å²) in [7, 11) is 0. The van der Waals surface area contributed by atoms with Crippen LogP contribution in [-0.2, 0) is 0 Å². The van der Waals surface area contributed by atoms with E-state index in [1.165, 1.54) is 6.07 Å². The molecule has 1 aromatic carbocycles. The van der Waals surface area contributed by atoms with Crippen molar-refractivity contribution in [2.45, 2.75) is 19.4 Å². The van der Waals surface area contributed by atoms with Crippen LogP contribution in [0.15, 0.2) is 18.2 Å². The summed E-state index contributed by atoms with van der Waals surface area (Å²) in [5.41, 5.74) is 0.858. The van der Waals surface area contributed by atoms with Crippen molar-refractivity contribution in [1.82, 2.24) is 0 Å². The van der Waals surface area contributed by atoms with Crippen molar-refractivity contribution in [1.29, 1.82) is 0 Å². The minimum absolute atomic E-state index is 0.195. The molecular weight excluding hydrogens is 221 g/mol. The monoisotopic (exact) mass is 237 g/mol. The van der Waals surface area contributed by atoms with Gasteiger partial charge in [-0.05, 0) is 31.5 Å². The molecule has 0 spiro atoms. The zero-order valence-electron chi connectivity index (χ0n) is 9.77. The van der Waals surface area contributed by atoms with Gasteiger partial charge in [0.05, 0.1) is 11.8 Å². The highest BCUT2D eigenvalue weighted by Gasteiger charge is 2.27. The molecule has 1 heterocycles. The van der Waals surface area contributed by atoms with Gasteiger partial charge in [0.15, 0.2) is 0 Å². The largest absolute Gasteiger partial charge is 0.393 e. The predicted octanol–water partition coefficient (Wildman–Crippen LogP) is 1.85. The smallest absolute Gasteiger partial charge is 0.150 e. The summed E-state index contributed by atoms with van der Waals surface area (Å²) in [6.07, 6.45) is 1.14. The Kier molecular flexibility index (Phi) is 3.43. The maximum atomic E-state index is 13.8. The first-order valence-electron chi connectivity index (χ1n) is 5.79. The molecule has 0 radical (unpaired) electrons. The van der Waals surface area contributed by atoms with E-state index in [1.54, 1.807) is 19.1 Å². The standard InChI is InChI=1S/C13H16FNO2/c1-9(17)11-4-5-15(7-11)13-3-2-10(8-16)6-12(13)14/h2-3,6,8-9,11,17H,4-5,7H2,1H3. The van der Waals surface area contributed by atoms with Crippen molar-refractivity contribution >= 4 is 12.0 Å². The Balaban J connectivity index is 2.16. The average molecular weight is 237 g/mol. The van der Waals surface area contributed by atoms with Gasteiger partial charge < -0.3 is 10.0 Å². The lowest BCUT2D eigenvalue weighted by Crippen LogP contribution is -2.24. The second kappa shape index (κ2) is 4.84. The lowest BCUT2D eigenvalue weighted by molar-refractivity contribution is 0.112. The Morgan fingerprint density at radius 2 is 2.35 bits per heavy atom. The molecule has 0 amide bonds. The number of aliphatic hydroxyl groups is 1. The number of carbonyl (C=O) groups is 1. The highest BCUT2D eigenvalue weighted by Crippen LogP contribution is 2.28. The summed E-state index contributed by atoms with van der Waals surface area (Å²) in [5, 5.41) is 9.50. The predicted molar refractivity (Wildman–Crippen MR) is 63.8 cm³/mol. The first-order valence-corrected chi connectivity index (χ1v) is 5.79. The van der Waals surface area contributed by atoms with E-state index in [9.17, 15) is 14.3 Å². The summed E-state index contributed by atoms with van der Waals surface area (Å²) >= 11 is 0. The number of aliphatic hydroxyl groups excluding tert-OH is 1. The van der Waals surface area contributed by atoms with Crippen LogP contribution in [-0.4, -0.2) is 30.6 Å². The summed E-state index contributed by atoms with van der Waals surface area (Å²) in [4.78, 5) is 12.4. The maximum absolute atomic E-state index is 13.8. The third-order valence-electron chi connectivity index (χ3n) is 3.36. The van der Waals surface area contributed by atoms with Crippen LogP contribution in [0.25, 0.3) is 0 Å². The van der Waals surface area contributed by atoms with Gasteiger partial charge in [-0.15, -0.1) is 0 Å². The molecular formula is C13H16FNO2. The Morgan fingerprint density at radius 1 is 1.59 bits per heavy atom. The molecule has 0 aliphatic carbocycles. The number of halogens is 1. The van der Waals surface area contributed by atoms with Gasteiger partial charge in [-0.25, -0.2) is 4.39 Å². The molecule has 2 rings (SSSR count). The second-order valence-corrected chi connectivity index (χ2v) is 4.56. The first-order chi connectivity index (χ1) is 8.11. The molecule has 1 N–H and O–H groups in total. The summed E-state index contributed by atoms with van der Waals surface area (Å²) in [5.74, 6) is -0.180. The van der Waals surface area contributed by atoms with Gasteiger partial charge in [0.25, 0.3) is 0 Å². The highest BCUT2D eigenvalue weighted by atomic mass is 19.1. The van der Waals surface area contributed by atoms with Gasteiger partial charge in [-0.1, -0.05) is 0 Å². The molecule has 0 bridgehead atoms. The Labute approximate surface area is 99.9 Å². The van der Waals surface area contributed by atoms with E-state index in [1.807, 2.05) is 4.90 Å². The summed E-state index contributed by atoms with van der Waals surface area (Å²) < 4.78 is 13.8. The third-order valence-corrected chi connectivity index (χ3v) is 3.36. The van der Waals surface area contributed by atoms with E-state index in [4.69, 9.17) is 0 Å². The van der Waals surface area contributed by atoms with Crippen molar-refractivity contribution in [2.24, 2.45) is 5.92 Å². The number of rotatable bonds is 3. The van der Waals surface area contributed by atoms with Crippen LogP contribution in [0.4, 0.5) is 10.1 Å². The number of hydrogen-bond acceptors (Lipinski definition) is 3. The third kappa shape index (κ3) is 2.47. The van der Waals surface area contributed by atoms with E-state index in [0.29, 0.717) is 24.1 Å². The molecule has 1 aliphatic rings. The van der Waals surface area contributed by atoms with Gasteiger partial charge in [0.2, 0.25) is 0 Å². The first kappa shape index (κ1) is 12.0. The zero-order chi connectivity index (χ0) is 12.4. The molecule has 0 aromatic heterocycles. The molecule has 0 saturated carbocycles. The van der Waals surface area contributed by atoms with Crippen molar-refractivity contribution in [3.05, 3.63) is 29.6 Å². The Morgan fingerprint density at radius 3 is 2.88 bits per heavy atom. The minimum atomic E-state index is -0.374. The zero-order valence-corrected chi connectivity index (χ0v) is 9.77. The highest BCUT2D eigenvalue weighted by molar-refractivity contribution is 5.76.